The Labute approximate surface area is 182 Å². The molecule has 0 aliphatic rings. The number of ether oxygens (including phenoxy) is 3. The van der Waals surface area contributed by atoms with E-state index in [2.05, 4.69) is 45.3 Å². The molecule has 0 bridgehead atoms. The zero-order valence-electron chi connectivity index (χ0n) is 16.5. The number of carbonyl (C=O) groups excluding carboxylic acids is 1. The fraction of sp³-hybridized carbons (Fsp3) is 0.238. The molecule has 1 N–H and O–H groups in total. The number of halogens is 1. The second-order valence-electron chi connectivity index (χ2n) is 6.26. The summed E-state index contributed by atoms with van der Waals surface area (Å²) < 4.78 is 17.0. The number of thiazole rings is 1. The first-order valence-electron chi connectivity index (χ1n) is 8.76. The summed E-state index contributed by atoms with van der Waals surface area (Å²) in [6, 6.07) is 9.47. The average Bonchev–Trinajstić information content (AvgIpc) is 3.16. The number of benzene rings is 2. The van der Waals surface area contributed by atoms with Crippen molar-refractivity contribution < 1.29 is 19.0 Å². The summed E-state index contributed by atoms with van der Waals surface area (Å²) in [6.07, 6.45) is 2.54. The highest BCUT2D eigenvalue weighted by molar-refractivity contribution is 9.10. The van der Waals surface area contributed by atoms with Crippen molar-refractivity contribution >= 4 is 38.3 Å². The van der Waals surface area contributed by atoms with E-state index in [1.54, 1.807) is 18.3 Å². The Bertz CT molecular complexity index is 1010. The molecule has 0 saturated heterocycles. The van der Waals surface area contributed by atoms with E-state index >= 15 is 0 Å². The Hall–Kier alpha value is -2.58. The lowest BCUT2D eigenvalue weighted by Gasteiger charge is -2.13. The van der Waals surface area contributed by atoms with Crippen molar-refractivity contribution in [3.8, 4) is 17.2 Å². The standard InChI is InChI=1S/C21H21BrN2O4S/c1-12-7-13(5-6-16(12)22)8-15-11-23-21(29-15)24-20(25)14-9-17(26-2)19(28-4)18(10-14)27-3/h5-7,9-11H,8H2,1-4H3,(H,23,24,25). The zero-order valence-corrected chi connectivity index (χ0v) is 18.9. The van der Waals surface area contributed by atoms with Crippen LogP contribution in [0.25, 0.3) is 0 Å². The quantitative estimate of drug-likeness (QED) is 0.514. The minimum Gasteiger partial charge on any atom is -0.493 e. The minimum absolute atomic E-state index is 0.301. The van der Waals surface area contributed by atoms with Crippen LogP contribution in [0.4, 0.5) is 5.13 Å². The molecular formula is C21H21BrN2O4S. The number of anilines is 1. The predicted octanol–water partition coefficient (Wildman–Crippen LogP) is 5.08. The fourth-order valence-corrected chi connectivity index (χ4v) is 3.93. The number of rotatable bonds is 7. The molecule has 8 heteroatoms. The molecule has 0 unspecified atom stereocenters. The van der Waals surface area contributed by atoms with Crippen molar-refractivity contribution in [3.05, 3.63) is 62.6 Å². The number of nitrogens with zero attached hydrogens (tertiary/aromatic N) is 1. The van der Waals surface area contributed by atoms with Gasteiger partial charge >= 0.3 is 0 Å². The Morgan fingerprint density at radius 2 is 1.79 bits per heavy atom. The van der Waals surface area contributed by atoms with Crippen molar-refractivity contribution in [1.82, 2.24) is 4.98 Å². The third kappa shape index (κ3) is 4.89. The summed E-state index contributed by atoms with van der Waals surface area (Å²) in [5.74, 6) is 0.974. The molecule has 0 aliphatic carbocycles. The van der Waals surface area contributed by atoms with Crippen LogP contribution in [0, 0.1) is 6.92 Å². The molecule has 1 aromatic heterocycles. The summed E-state index contributed by atoms with van der Waals surface area (Å²) in [4.78, 5) is 18.1. The zero-order chi connectivity index (χ0) is 21.0. The molecule has 3 rings (SSSR count). The normalized spacial score (nSPS) is 10.5. The van der Waals surface area contributed by atoms with Crippen LogP contribution in [-0.2, 0) is 6.42 Å². The van der Waals surface area contributed by atoms with E-state index < -0.39 is 0 Å². The number of hydrogen-bond donors (Lipinski definition) is 1. The number of methoxy groups -OCH3 is 3. The predicted molar refractivity (Wildman–Crippen MR) is 118 cm³/mol. The Morgan fingerprint density at radius 1 is 1.10 bits per heavy atom. The molecule has 2 aromatic carbocycles. The van der Waals surface area contributed by atoms with Crippen molar-refractivity contribution in [2.24, 2.45) is 0 Å². The van der Waals surface area contributed by atoms with E-state index in [4.69, 9.17) is 14.2 Å². The molecule has 0 spiro atoms. The van der Waals surface area contributed by atoms with Crippen LogP contribution in [0.1, 0.15) is 26.4 Å². The van der Waals surface area contributed by atoms with Crippen molar-refractivity contribution in [2.75, 3.05) is 26.6 Å². The van der Waals surface area contributed by atoms with Crippen LogP contribution >= 0.6 is 27.3 Å². The lowest BCUT2D eigenvalue weighted by molar-refractivity contribution is 0.102. The number of nitrogens with one attached hydrogen (secondary N) is 1. The highest BCUT2D eigenvalue weighted by Gasteiger charge is 2.18. The first kappa shape index (κ1) is 21.1. The number of aromatic nitrogens is 1. The molecule has 152 valence electrons. The Balaban J connectivity index is 1.75. The maximum absolute atomic E-state index is 12.7. The van der Waals surface area contributed by atoms with Gasteiger partial charge in [-0.2, -0.15) is 0 Å². The molecule has 0 radical (unpaired) electrons. The van der Waals surface area contributed by atoms with Gasteiger partial charge in [0.1, 0.15) is 0 Å². The van der Waals surface area contributed by atoms with Crippen LogP contribution in [0.5, 0.6) is 17.2 Å². The van der Waals surface area contributed by atoms with Crippen LogP contribution in [0.3, 0.4) is 0 Å². The smallest absolute Gasteiger partial charge is 0.257 e. The second kappa shape index (κ2) is 9.28. The second-order valence-corrected chi connectivity index (χ2v) is 8.23. The van der Waals surface area contributed by atoms with E-state index in [0.29, 0.717) is 27.9 Å². The van der Waals surface area contributed by atoms with Gasteiger partial charge in [0.15, 0.2) is 16.6 Å². The van der Waals surface area contributed by atoms with Gasteiger partial charge in [0, 0.05) is 27.5 Å². The molecule has 3 aromatic rings. The van der Waals surface area contributed by atoms with Gasteiger partial charge in [0.2, 0.25) is 5.75 Å². The van der Waals surface area contributed by atoms with E-state index in [1.807, 2.05) is 6.07 Å². The summed E-state index contributed by atoms with van der Waals surface area (Å²) in [6.45, 7) is 2.06. The lowest BCUT2D eigenvalue weighted by Crippen LogP contribution is -2.12. The maximum atomic E-state index is 12.7. The largest absolute Gasteiger partial charge is 0.493 e. The number of carbonyl (C=O) groups is 1. The lowest BCUT2D eigenvalue weighted by atomic mass is 10.1. The molecule has 0 fully saturated rings. The van der Waals surface area contributed by atoms with E-state index in [0.717, 1.165) is 15.8 Å². The summed E-state index contributed by atoms with van der Waals surface area (Å²) in [7, 11) is 4.54. The topological polar surface area (TPSA) is 69.7 Å². The van der Waals surface area contributed by atoms with Gasteiger partial charge in [-0.1, -0.05) is 28.1 Å². The molecular weight excluding hydrogens is 456 g/mol. The first-order chi connectivity index (χ1) is 13.9. The fourth-order valence-electron chi connectivity index (χ4n) is 2.85. The van der Waals surface area contributed by atoms with Crippen molar-refractivity contribution in [3.63, 3.8) is 0 Å². The molecule has 29 heavy (non-hydrogen) atoms. The third-order valence-electron chi connectivity index (χ3n) is 4.30. The van der Waals surface area contributed by atoms with Crippen molar-refractivity contribution in [2.45, 2.75) is 13.3 Å². The Morgan fingerprint density at radius 3 is 2.38 bits per heavy atom. The van der Waals surface area contributed by atoms with Crippen LogP contribution < -0.4 is 19.5 Å². The summed E-state index contributed by atoms with van der Waals surface area (Å²) in [5, 5.41) is 3.37. The van der Waals surface area contributed by atoms with E-state index in [9.17, 15) is 4.79 Å². The highest BCUT2D eigenvalue weighted by atomic mass is 79.9. The number of hydrogen-bond acceptors (Lipinski definition) is 6. The number of aryl methyl sites for hydroxylation is 1. The summed E-state index contributed by atoms with van der Waals surface area (Å²) >= 11 is 4.96. The van der Waals surface area contributed by atoms with Crippen LogP contribution in [0.15, 0.2) is 41.0 Å². The van der Waals surface area contributed by atoms with Gasteiger partial charge in [0.25, 0.3) is 5.91 Å². The van der Waals surface area contributed by atoms with Gasteiger partial charge in [-0.25, -0.2) is 4.98 Å². The maximum Gasteiger partial charge on any atom is 0.257 e. The van der Waals surface area contributed by atoms with Gasteiger partial charge in [-0.15, -0.1) is 11.3 Å². The van der Waals surface area contributed by atoms with Crippen LogP contribution in [0.2, 0.25) is 0 Å². The van der Waals surface area contributed by atoms with Gasteiger partial charge < -0.3 is 14.2 Å². The van der Waals surface area contributed by atoms with Gasteiger partial charge in [-0.05, 0) is 36.2 Å². The number of amides is 1. The van der Waals surface area contributed by atoms with E-state index in [1.165, 1.54) is 43.8 Å². The third-order valence-corrected chi connectivity index (χ3v) is 6.10. The molecule has 1 amide bonds. The molecule has 0 atom stereocenters. The average molecular weight is 477 g/mol. The molecule has 0 aliphatic heterocycles. The minimum atomic E-state index is -0.301. The Kier molecular flexibility index (Phi) is 6.76. The van der Waals surface area contributed by atoms with Crippen LogP contribution in [-0.4, -0.2) is 32.2 Å². The molecule has 6 nitrogen and oxygen atoms in total. The first-order valence-corrected chi connectivity index (χ1v) is 10.4. The van der Waals surface area contributed by atoms with Gasteiger partial charge in [0.05, 0.1) is 21.3 Å². The molecule has 0 saturated carbocycles. The SMILES string of the molecule is COc1cc(C(=O)Nc2ncc(Cc3ccc(Br)c(C)c3)s2)cc(OC)c1OC. The highest BCUT2D eigenvalue weighted by Crippen LogP contribution is 2.38. The monoisotopic (exact) mass is 476 g/mol. The molecule has 1 heterocycles. The van der Waals surface area contributed by atoms with Gasteiger partial charge in [-0.3, -0.25) is 10.1 Å². The van der Waals surface area contributed by atoms with Crippen molar-refractivity contribution in [1.29, 1.82) is 0 Å². The summed E-state index contributed by atoms with van der Waals surface area (Å²) in [5.41, 5.74) is 2.76. The van der Waals surface area contributed by atoms with E-state index in [-0.39, 0.29) is 5.91 Å².